The van der Waals surface area contributed by atoms with E-state index in [1.54, 1.807) is 0 Å². The van der Waals surface area contributed by atoms with Crippen molar-refractivity contribution in [2.24, 2.45) is 0 Å². The maximum absolute atomic E-state index is 6.68. The van der Waals surface area contributed by atoms with Crippen LogP contribution in [-0.2, 0) is 0 Å². The van der Waals surface area contributed by atoms with E-state index in [1.807, 2.05) is 6.07 Å². The van der Waals surface area contributed by atoms with E-state index in [0.717, 1.165) is 117 Å². The van der Waals surface area contributed by atoms with E-state index in [4.69, 9.17) is 14.4 Å². The summed E-state index contributed by atoms with van der Waals surface area (Å²) in [6, 6.07) is 124. The molecular formula is C88H57N3O. The first kappa shape index (κ1) is 54.0. The van der Waals surface area contributed by atoms with Gasteiger partial charge >= 0.3 is 0 Å². The molecule has 0 saturated carbocycles. The number of benzene rings is 14. The van der Waals surface area contributed by atoms with Gasteiger partial charge in [-0.2, -0.15) is 0 Å². The average molecular weight is 1170 g/mol. The fourth-order valence-corrected chi connectivity index (χ4v) is 13.5. The number of para-hydroxylation sites is 4. The van der Waals surface area contributed by atoms with Crippen LogP contribution in [0.2, 0.25) is 0 Å². The predicted octanol–water partition coefficient (Wildman–Crippen LogP) is 23.8. The Bertz CT molecular complexity index is 5590. The Morgan fingerprint density at radius 3 is 1.29 bits per heavy atom. The quantitative estimate of drug-likeness (QED) is 0.122. The van der Waals surface area contributed by atoms with Gasteiger partial charge in [0.2, 0.25) is 0 Å². The number of hydrogen-bond donors (Lipinski definition) is 0. The Kier molecular flexibility index (Phi) is 13.5. The zero-order chi connectivity index (χ0) is 60.9. The first-order chi connectivity index (χ1) is 45.6. The zero-order valence-corrected chi connectivity index (χ0v) is 50.2. The van der Waals surface area contributed by atoms with Gasteiger partial charge in [-0.15, -0.1) is 0 Å². The first-order valence-electron chi connectivity index (χ1n) is 31.3. The highest BCUT2D eigenvalue weighted by Gasteiger charge is 2.19. The molecule has 0 aliphatic heterocycles. The summed E-state index contributed by atoms with van der Waals surface area (Å²) < 4.78 is 9.06. The number of fused-ring (bicyclic) bond motifs is 6. The molecule has 4 nitrogen and oxygen atoms in total. The molecule has 0 aliphatic rings. The minimum absolute atomic E-state index is 0.641. The van der Waals surface area contributed by atoms with Gasteiger partial charge in [0.25, 0.3) is 0 Å². The molecule has 3 heterocycles. The monoisotopic (exact) mass is 1170 g/mol. The van der Waals surface area contributed by atoms with Gasteiger partial charge in [0.1, 0.15) is 11.2 Å². The van der Waals surface area contributed by atoms with Crippen LogP contribution in [0.25, 0.3) is 172 Å². The Labute approximate surface area is 533 Å². The van der Waals surface area contributed by atoms with Crippen molar-refractivity contribution in [1.82, 2.24) is 14.5 Å². The molecule has 17 aromatic rings. The lowest BCUT2D eigenvalue weighted by atomic mass is 9.91. The third-order valence-corrected chi connectivity index (χ3v) is 18.0. The van der Waals surface area contributed by atoms with E-state index in [-0.39, 0.29) is 0 Å². The van der Waals surface area contributed by atoms with Crippen LogP contribution < -0.4 is 0 Å². The van der Waals surface area contributed by atoms with Crippen LogP contribution in [-0.4, -0.2) is 14.5 Å². The van der Waals surface area contributed by atoms with Crippen LogP contribution in [0.1, 0.15) is 0 Å². The molecule has 0 fully saturated rings. The summed E-state index contributed by atoms with van der Waals surface area (Å²) in [4.78, 5) is 11.0. The lowest BCUT2D eigenvalue weighted by Crippen LogP contribution is -1.97. The van der Waals surface area contributed by atoms with Crippen LogP contribution in [0, 0.1) is 0 Å². The Hall–Kier alpha value is -12.2. The number of aromatic nitrogens is 3. The summed E-state index contributed by atoms with van der Waals surface area (Å²) in [6.07, 6.45) is 0. The van der Waals surface area contributed by atoms with Gasteiger partial charge in [-0.3, -0.25) is 0 Å². The second-order valence-electron chi connectivity index (χ2n) is 23.6. The Morgan fingerprint density at radius 1 is 0.217 bits per heavy atom. The summed E-state index contributed by atoms with van der Waals surface area (Å²) in [5.41, 5.74) is 27.8. The summed E-state index contributed by atoms with van der Waals surface area (Å²) in [5, 5.41) is 4.68. The highest BCUT2D eigenvalue weighted by molar-refractivity contribution is 6.11. The van der Waals surface area contributed by atoms with Gasteiger partial charge in [0, 0.05) is 49.5 Å². The molecule has 0 spiro atoms. The number of rotatable bonds is 12. The molecule has 0 unspecified atom stereocenters. The standard InChI is InChI=1S/C88H57N3O/c1-3-21-58(22-4-1)62-25-15-29-66(49-62)72-53-71(54-73(55-72)77-40-20-41-81-80-39-11-14-44-86(80)92-87(77)81)59-45-47-61(48-46-59)82-57-83(69-32-17-27-64(51-69)67-30-19-34-74(56-67)91-84-42-12-9-37-78(84)79-38-10-13-43-85(79)91)90-88(89-82)70-33-18-28-65(52-70)63-26-16-31-68(50-63)76-36-8-7-35-75(76)60-23-5-2-6-24-60/h1-57H. The molecule has 0 amide bonds. The normalized spacial score (nSPS) is 11.5. The largest absolute Gasteiger partial charge is 0.455 e. The van der Waals surface area contributed by atoms with Gasteiger partial charge < -0.3 is 8.98 Å². The third-order valence-electron chi connectivity index (χ3n) is 18.0. The van der Waals surface area contributed by atoms with Crippen LogP contribution in [0.3, 0.4) is 0 Å². The van der Waals surface area contributed by atoms with E-state index < -0.39 is 0 Å². The first-order valence-corrected chi connectivity index (χ1v) is 31.3. The maximum Gasteiger partial charge on any atom is 0.160 e. The van der Waals surface area contributed by atoms with Gasteiger partial charge in [0.05, 0.1) is 22.4 Å². The van der Waals surface area contributed by atoms with Crippen LogP contribution in [0.5, 0.6) is 0 Å². The number of furan rings is 1. The Balaban J connectivity index is 0.780. The topological polar surface area (TPSA) is 43.9 Å². The molecule has 17 rings (SSSR count). The molecule has 3 aromatic heterocycles. The molecule has 0 bridgehead atoms. The van der Waals surface area contributed by atoms with Crippen molar-refractivity contribution >= 4 is 43.7 Å². The van der Waals surface area contributed by atoms with E-state index >= 15 is 0 Å². The molecule has 14 aromatic carbocycles. The Morgan fingerprint density at radius 2 is 0.609 bits per heavy atom. The van der Waals surface area contributed by atoms with Gasteiger partial charge in [-0.05, 0) is 162 Å². The molecular weight excluding hydrogens is 1110 g/mol. The second-order valence-corrected chi connectivity index (χ2v) is 23.6. The lowest BCUT2D eigenvalue weighted by molar-refractivity contribution is 0.670. The predicted molar refractivity (Wildman–Crippen MR) is 383 cm³/mol. The summed E-state index contributed by atoms with van der Waals surface area (Å²) in [6.45, 7) is 0. The number of nitrogens with zero attached hydrogens (tertiary/aromatic N) is 3. The van der Waals surface area contributed by atoms with Crippen molar-refractivity contribution in [2.45, 2.75) is 0 Å². The van der Waals surface area contributed by atoms with Gasteiger partial charge in [0.15, 0.2) is 5.82 Å². The molecule has 0 radical (unpaired) electrons. The highest BCUT2D eigenvalue weighted by atomic mass is 16.3. The van der Waals surface area contributed by atoms with E-state index in [1.165, 1.54) is 49.6 Å². The zero-order valence-electron chi connectivity index (χ0n) is 50.2. The van der Waals surface area contributed by atoms with E-state index in [0.29, 0.717) is 5.82 Å². The summed E-state index contributed by atoms with van der Waals surface area (Å²) in [7, 11) is 0. The SMILES string of the molecule is c1ccc(-c2cccc(-c3cc(-c4ccc(-c5cc(-c6cccc(-c7cccc(-n8c9ccccc9c9ccccc98)c7)c6)nc(-c6cccc(-c7cccc(-c8ccccc8-c8ccccc8)c7)c6)n5)cc4)cc(-c4cccc5c4oc4ccccc45)c3)c2)cc1. The highest BCUT2D eigenvalue weighted by Crippen LogP contribution is 2.42. The van der Waals surface area contributed by atoms with Crippen molar-refractivity contribution < 1.29 is 4.42 Å². The molecule has 430 valence electrons. The third kappa shape index (κ3) is 10.0. The molecule has 0 N–H and O–H groups in total. The number of hydrogen-bond acceptors (Lipinski definition) is 3. The second kappa shape index (κ2) is 23.0. The fraction of sp³-hybridized carbons (Fsp3) is 0. The molecule has 92 heavy (non-hydrogen) atoms. The van der Waals surface area contributed by atoms with Crippen molar-refractivity contribution in [1.29, 1.82) is 0 Å². The summed E-state index contributed by atoms with van der Waals surface area (Å²) >= 11 is 0. The molecule has 4 heteroatoms. The van der Waals surface area contributed by atoms with Gasteiger partial charge in [-0.1, -0.05) is 267 Å². The van der Waals surface area contributed by atoms with Crippen molar-refractivity contribution in [3.05, 3.63) is 346 Å². The van der Waals surface area contributed by atoms with Crippen molar-refractivity contribution in [2.75, 3.05) is 0 Å². The lowest BCUT2D eigenvalue weighted by Gasteiger charge is -2.14. The van der Waals surface area contributed by atoms with Gasteiger partial charge in [-0.25, -0.2) is 9.97 Å². The molecule has 0 aliphatic carbocycles. The smallest absolute Gasteiger partial charge is 0.160 e. The maximum atomic E-state index is 6.68. The van der Waals surface area contributed by atoms with Crippen molar-refractivity contribution in [3.8, 4) is 129 Å². The van der Waals surface area contributed by atoms with E-state index in [9.17, 15) is 0 Å². The van der Waals surface area contributed by atoms with E-state index in [2.05, 4.69) is 344 Å². The van der Waals surface area contributed by atoms with Crippen LogP contribution in [0.4, 0.5) is 0 Å². The fourth-order valence-electron chi connectivity index (χ4n) is 13.5. The molecule has 0 saturated heterocycles. The minimum atomic E-state index is 0.641. The van der Waals surface area contributed by atoms with Crippen LogP contribution >= 0.6 is 0 Å². The summed E-state index contributed by atoms with van der Waals surface area (Å²) in [5.74, 6) is 0.641. The average Bonchev–Trinajstić information content (AvgIpc) is 1.59. The van der Waals surface area contributed by atoms with Crippen molar-refractivity contribution in [3.63, 3.8) is 0 Å². The molecule has 0 atom stereocenters. The van der Waals surface area contributed by atoms with Crippen LogP contribution in [0.15, 0.2) is 350 Å². The minimum Gasteiger partial charge on any atom is -0.455 e.